The average molecular weight is 414 g/mol. The van der Waals surface area contributed by atoms with Gasteiger partial charge in [0.05, 0.1) is 18.2 Å². The van der Waals surface area contributed by atoms with Crippen LogP contribution in [0.25, 0.3) is 0 Å². The molecule has 5 nitrogen and oxygen atoms in total. The van der Waals surface area contributed by atoms with E-state index in [1.54, 1.807) is 43.1 Å². The van der Waals surface area contributed by atoms with Crippen LogP contribution in [-0.4, -0.2) is 22.9 Å². The predicted octanol–water partition coefficient (Wildman–Crippen LogP) is 4.86. The third kappa shape index (κ3) is 3.70. The van der Waals surface area contributed by atoms with Gasteiger partial charge in [0.2, 0.25) is 5.91 Å². The minimum atomic E-state index is -0.342. The average Bonchev–Trinajstić information content (AvgIpc) is 3.09. The molecule has 0 fully saturated rings. The van der Waals surface area contributed by atoms with Gasteiger partial charge in [0, 0.05) is 16.4 Å². The van der Waals surface area contributed by atoms with Gasteiger partial charge in [-0.1, -0.05) is 35.5 Å². The van der Waals surface area contributed by atoms with Crippen molar-refractivity contribution >= 4 is 35.0 Å². The van der Waals surface area contributed by atoms with Gasteiger partial charge in [-0.05, 0) is 61.0 Å². The summed E-state index contributed by atoms with van der Waals surface area (Å²) >= 11 is 7.50. The van der Waals surface area contributed by atoms with Crippen LogP contribution in [0.2, 0.25) is 5.02 Å². The van der Waals surface area contributed by atoms with Gasteiger partial charge >= 0.3 is 0 Å². The maximum atomic E-state index is 13.1. The Morgan fingerprint density at radius 2 is 1.82 bits per heavy atom. The molecule has 2 atom stereocenters. The summed E-state index contributed by atoms with van der Waals surface area (Å²) in [4.78, 5) is 13.1. The summed E-state index contributed by atoms with van der Waals surface area (Å²) in [7, 11) is 1.64. The first kappa shape index (κ1) is 18.8. The van der Waals surface area contributed by atoms with Crippen molar-refractivity contribution in [3.63, 3.8) is 0 Å². The molecule has 144 valence electrons. The number of rotatable bonds is 4. The SMILES string of the molecule is COc1ccc(C2Nn3c(C)ccc3SC2C(=O)Nc2ccc(Cl)cc2)cc1. The molecule has 0 saturated carbocycles. The monoisotopic (exact) mass is 413 g/mol. The van der Waals surface area contributed by atoms with Crippen molar-refractivity contribution in [3.8, 4) is 5.75 Å². The van der Waals surface area contributed by atoms with Crippen molar-refractivity contribution in [2.24, 2.45) is 0 Å². The van der Waals surface area contributed by atoms with Gasteiger partial charge < -0.3 is 15.5 Å². The van der Waals surface area contributed by atoms with Crippen LogP contribution in [0, 0.1) is 6.92 Å². The number of nitrogens with one attached hydrogen (secondary N) is 2. The highest BCUT2D eigenvalue weighted by Crippen LogP contribution is 2.39. The number of benzene rings is 2. The van der Waals surface area contributed by atoms with Gasteiger partial charge in [0.15, 0.2) is 0 Å². The van der Waals surface area contributed by atoms with E-state index in [1.807, 2.05) is 48.0 Å². The van der Waals surface area contributed by atoms with Crippen molar-refractivity contribution < 1.29 is 9.53 Å². The number of hydrogen-bond acceptors (Lipinski definition) is 4. The highest BCUT2D eigenvalue weighted by molar-refractivity contribution is 8.00. The predicted molar refractivity (Wildman–Crippen MR) is 114 cm³/mol. The molecule has 2 heterocycles. The van der Waals surface area contributed by atoms with E-state index in [2.05, 4.69) is 10.7 Å². The van der Waals surface area contributed by atoms with Crippen LogP contribution in [0.5, 0.6) is 5.75 Å². The first-order valence-corrected chi connectivity index (χ1v) is 10.1. The molecule has 2 unspecified atom stereocenters. The minimum Gasteiger partial charge on any atom is -0.497 e. The molecular weight excluding hydrogens is 394 g/mol. The Kier molecular flexibility index (Phi) is 5.24. The molecule has 0 saturated heterocycles. The number of nitrogens with zero attached hydrogens (tertiary/aromatic N) is 1. The van der Waals surface area contributed by atoms with Gasteiger partial charge in [-0.2, -0.15) is 0 Å². The second kappa shape index (κ2) is 7.81. The lowest BCUT2D eigenvalue weighted by atomic mass is 10.0. The molecule has 1 aromatic heterocycles. The van der Waals surface area contributed by atoms with Crippen molar-refractivity contribution in [3.05, 3.63) is 76.9 Å². The fourth-order valence-corrected chi connectivity index (χ4v) is 4.54. The highest BCUT2D eigenvalue weighted by Gasteiger charge is 2.36. The van der Waals surface area contributed by atoms with E-state index in [0.29, 0.717) is 5.02 Å². The summed E-state index contributed by atoms with van der Waals surface area (Å²) in [6, 6.07) is 18.8. The number of ether oxygens (including phenoxy) is 1. The first-order chi connectivity index (χ1) is 13.5. The van der Waals surface area contributed by atoms with Crippen LogP contribution in [0.15, 0.2) is 65.7 Å². The van der Waals surface area contributed by atoms with E-state index in [9.17, 15) is 4.79 Å². The topological polar surface area (TPSA) is 55.3 Å². The van der Waals surface area contributed by atoms with Crippen LogP contribution in [0.3, 0.4) is 0 Å². The number of fused-ring (bicyclic) bond motifs is 1. The molecule has 1 aliphatic heterocycles. The van der Waals surface area contributed by atoms with Gasteiger partial charge in [0.25, 0.3) is 0 Å². The lowest BCUT2D eigenvalue weighted by Crippen LogP contribution is -2.41. The van der Waals surface area contributed by atoms with Crippen LogP contribution in [0.4, 0.5) is 5.69 Å². The van der Waals surface area contributed by atoms with Gasteiger partial charge in [-0.15, -0.1) is 0 Å². The number of amides is 1. The third-order valence-electron chi connectivity index (χ3n) is 4.70. The van der Waals surface area contributed by atoms with E-state index >= 15 is 0 Å². The van der Waals surface area contributed by atoms with E-state index in [-0.39, 0.29) is 17.2 Å². The molecule has 0 aliphatic carbocycles. The zero-order valence-corrected chi connectivity index (χ0v) is 17.1. The summed E-state index contributed by atoms with van der Waals surface area (Å²) in [5.41, 5.74) is 6.33. The Bertz CT molecular complexity index is 986. The van der Waals surface area contributed by atoms with Crippen LogP contribution >= 0.6 is 23.4 Å². The summed E-state index contributed by atoms with van der Waals surface area (Å²) in [5, 5.41) is 4.31. The third-order valence-corrected chi connectivity index (χ3v) is 6.26. The Labute approximate surface area is 173 Å². The number of halogens is 1. The Balaban J connectivity index is 1.64. The van der Waals surface area contributed by atoms with Crippen molar-refractivity contribution in [1.29, 1.82) is 0 Å². The van der Waals surface area contributed by atoms with Crippen molar-refractivity contribution in [1.82, 2.24) is 4.68 Å². The molecule has 1 amide bonds. The summed E-state index contributed by atoms with van der Waals surface area (Å²) < 4.78 is 7.29. The van der Waals surface area contributed by atoms with Crippen LogP contribution < -0.4 is 15.5 Å². The fourth-order valence-electron chi connectivity index (χ4n) is 3.19. The smallest absolute Gasteiger partial charge is 0.240 e. The molecule has 0 spiro atoms. The van der Waals surface area contributed by atoms with E-state index in [0.717, 1.165) is 27.7 Å². The highest BCUT2D eigenvalue weighted by atomic mass is 35.5. The molecule has 2 aromatic carbocycles. The van der Waals surface area contributed by atoms with Crippen LogP contribution in [-0.2, 0) is 4.79 Å². The van der Waals surface area contributed by atoms with E-state index in [4.69, 9.17) is 16.3 Å². The molecule has 28 heavy (non-hydrogen) atoms. The zero-order chi connectivity index (χ0) is 19.7. The number of methoxy groups -OCH3 is 1. The number of carbonyl (C=O) groups excluding carboxylic acids is 1. The van der Waals surface area contributed by atoms with Gasteiger partial charge in [-0.3, -0.25) is 9.47 Å². The second-order valence-electron chi connectivity index (χ2n) is 6.56. The number of thioether (sulfide) groups is 1. The standard InChI is InChI=1S/C21H20ClN3O2S/c1-13-3-12-18-25(13)24-19(14-4-10-17(27-2)11-5-14)20(28-18)21(26)23-16-8-6-15(22)7-9-16/h3-12,19-20,24H,1-2H3,(H,23,26). The van der Waals surface area contributed by atoms with E-state index < -0.39 is 0 Å². The van der Waals surface area contributed by atoms with Crippen LogP contribution in [0.1, 0.15) is 17.3 Å². The molecule has 2 N–H and O–H groups in total. The van der Waals surface area contributed by atoms with E-state index in [1.165, 1.54) is 0 Å². The maximum absolute atomic E-state index is 13.1. The fraction of sp³-hybridized carbons (Fsp3) is 0.190. The number of anilines is 1. The number of aryl methyl sites for hydroxylation is 1. The lowest BCUT2D eigenvalue weighted by Gasteiger charge is -2.34. The zero-order valence-electron chi connectivity index (χ0n) is 15.5. The second-order valence-corrected chi connectivity index (χ2v) is 8.16. The van der Waals surface area contributed by atoms with Crippen molar-refractivity contribution in [2.75, 3.05) is 17.9 Å². The molecule has 1 aliphatic rings. The quantitative estimate of drug-likeness (QED) is 0.641. The summed E-state index contributed by atoms with van der Waals surface area (Å²) in [6.07, 6.45) is 0. The number of hydrogen-bond donors (Lipinski definition) is 2. The number of carbonyl (C=O) groups is 1. The summed E-state index contributed by atoms with van der Waals surface area (Å²) in [5.74, 6) is 0.720. The summed E-state index contributed by atoms with van der Waals surface area (Å²) in [6.45, 7) is 2.04. The van der Waals surface area contributed by atoms with Gasteiger partial charge in [-0.25, -0.2) is 0 Å². The normalized spacial score (nSPS) is 18.1. The first-order valence-electron chi connectivity index (χ1n) is 8.87. The Hall–Kier alpha value is -2.57. The molecular formula is C21H20ClN3O2S. The molecule has 4 rings (SSSR count). The largest absolute Gasteiger partial charge is 0.497 e. The Morgan fingerprint density at radius 3 is 2.50 bits per heavy atom. The Morgan fingerprint density at radius 1 is 1.11 bits per heavy atom. The molecule has 7 heteroatoms. The van der Waals surface area contributed by atoms with Gasteiger partial charge in [0.1, 0.15) is 11.0 Å². The van der Waals surface area contributed by atoms with Crippen molar-refractivity contribution in [2.45, 2.75) is 23.2 Å². The number of aromatic nitrogens is 1. The lowest BCUT2D eigenvalue weighted by molar-refractivity contribution is -0.116. The maximum Gasteiger partial charge on any atom is 0.240 e. The molecule has 3 aromatic rings. The molecule has 0 bridgehead atoms. The molecule has 0 radical (unpaired) electrons. The minimum absolute atomic E-state index is 0.0641.